The summed E-state index contributed by atoms with van der Waals surface area (Å²) in [5.74, 6) is 0.522. The zero-order valence-corrected chi connectivity index (χ0v) is 10.3. The van der Waals surface area contributed by atoms with Crippen LogP contribution in [0.3, 0.4) is 0 Å². The molecule has 0 spiro atoms. The summed E-state index contributed by atoms with van der Waals surface area (Å²) in [4.78, 5) is 11.6. The fraction of sp³-hybridized carbons (Fsp3) is 0.231. The van der Waals surface area contributed by atoms with Crippen molar-refractivity contribution in [3.63, 3.8) is 0 Å². The number of aryl methyl sites for hydroxylation is 1. The van der Waals surface area contributed by atoms with Crippen LogP contribution in [0, 0.1) is 0 Å². The van der Waals surface area contributed by atoms with Gasteiger partial charge in [-0.2, -0.15) is 5.10 Å². The predicted molar refractivity (Wildman–Crippen MR) is 67.2 cm³/mol. The van der Waals surface area contributed by atoms with Gasteiger partial charge in [-0.3, -0.25) is 4.68 Å². The average molecular weight is 245 g/mol. The highest BCUT2D eigenvalue weighted by atomic mass is 16.6. The van der Waals surface area contributed by atoms with Crippen LogP contribution in [0.5, 0.6) is 5.75 Å². The largest absolute Gasteiger partial charge is 0.413 e. The van der Waals surface area contributed by atoms with Crippen molar-refractivity contribution >= 4 is 6.09 Å². The molecule has 2 aromatic rings. The Morgan fingerprint density at radius 1 is 1.39 bits per heavy atom. The van der Waals surface area contributed by atoms with E-state index in [0.29, 0.717) is 5.75 Å². The van der Waals surface area contributed by atoms with Crippen LogP contribution >= 0.6 is 0 Å². The number of carbonyl (C=O) groups excluding carboxylic acids is 1. The molecule has 0 bridgehead atoms. The Bertz CT molecular complexity index is 522. The van der Waals surface area contributed by atoms with E-state index in [1.54, 1.807) is 23.0 Å². The quantitative estimate of drug-likeness (QED) is 0.902. The molecule has 2 rings (SSSR count). The van der Waals surface area contributed by atoms with Crippen LogP contribution in [-0.4, -0.2) is 15.9 Å². The van der Waals surface area contributed by atoms with E-state index < -0.39 is 6.09 Å². The SMILES string of the molecule is CC(NC(=O)Oc1ccccc1)c1cnn(C)c1. The van der Waals surface area contributed by atoms with Crippen LogP contribution in [0.25, 0.3) is 0 Å². The Labute approximate surface area is 105 Å². The number of nitrogens with one attached hydrogen (secondary N) is 1. The Hall–Kier alpha value is -2.30. The summed E-state index contributed by atoms with van der Waals surface area (Å²) in [5.41, 5.74) is 0.933. The van der Waals surface area contributed by atoms with Gasteiger partial charge in [0.15, 0.2) is 0 Å². The number of carbonyl (C=O) groups is 1. The molecule has 0 fully saturated rings. The Balaban J connectivity index is 1.92. The second kappa shape index (κ2) is 5.35. The highest BCUT2D eigenvalue weighted by molar-refractivity contribution is 5.70. The van der Waals surface area contributed by atoms with Crippen LogP contribution in [0.15, 0.2) is 42.7 Å². The number of rotatable bonds is 3. The predicted octanol–water partition coefficient (Wildman–Crippen LogP) is 2.27. The van der Waals surface area contributed by atoms with Crippen LogP contribution < -0.4 is 10.1 Å². The first-order valence-corrected chi connectivity index (χ1v) is 5.67. The van der Waals surface area contributed by atoms with Crippen molar-refractivity contribution in [2.45, 2.75) is 13.0 Å². The second-order valence-corrected chi connectivity index (χ2v) is 4.02. The van der Waals surface area contributed by atoms with Crippen molar-refractivity contribution in [3.05, 3.63) is 48.3 Å². The molecule has 18 heavy (non-hydrogen) atoms. The summed E-state index contributed by atoms with van der Waals surface area (Å²) in [6.07, 6.45) is 3.10. The molecule has 1 atom stereocenters. The van der Waals surface area contributed by atoms with Gasteiger partial charge >= 0.3 is 6.09 Å². The summed E-state index contributed by atoms with van der Waals surface area (Å²) in [7, 11) is 1.83. The first-order chi connectivity index (χ1) is 8.65. The first-order valence-electron chi connectivity index (χ1n) is 5.67. The third kappa shape index (κ3) is 3.10. The van der Waals surface area contributed by atoms with Gasteiger partial charge in [0.25, 0.3) is 0 Å². The van der Waals surface area contributed by atoms with E-state index in [1.165, 1.54) is 0 Å². The summed E-state index contributed by atoms with van der Waals surface area (Å²) in [5, 5.41) is 6.80. The maximum atomic E-state index is 11.6. The van der Waals surface area contributed by atoms with E-state index in [-0.39, 0.29) is 6.04 Å². The van der Waals surface area contributed by atoms with E-state index in [2.05, 4.69) is 10.4 Å². The molecule has 1 N–H and O–H groups in total. The maximum Gasteiger partial charge on any atom is 0.413 e. The van der Waals surface area contributed by atoms with E-state index in [4.69, 9.17) is 4.74 Å². The molecule has 0 aliphatic heterocycles. The fourth-order valence-corrected chi connectivity index (χ4v) is 1.55. The molecule has 0 saturated heterocycles. The molecule has 5 heteroatoms. The first kappa shape index (κ1) is 12.2. The normalized spacial score (nSPS) is 11.9. The highest BCUT2D eigenvalue weighted by Gasteiger charge is 2.12. The lowest BCUT2D eigenvalue weighted by molar-refractivity contribution is 0.197. The number of amides is 1. The van der Waals surface area contributed by atoms with E-state index >= 15 is 0 Å². The number of aromatic nitrogens is 2. The zero-order chi connectivity index (χ0) is 13.0. The molecular formula is C13H15N3O2. The lowest BCUT2D eigenvalue weighted by Crippen LogP contribution is -2.29. The van der Waals surface area contributed by atoms with Gasteiger partial charge in [0.05, 0.1) is 12.2 Å². The van der Waals surface area contributed by atoms with Crippen molar-refractivity contribution in [1.29, 1.82) is 0 Å². The molecule has 1 amide bonds. The van der Waals surface area contributed by atoms with E-state index in [9.17, 15) is 4.79 Å². The number of hydrogen-bond donors (Lipinski definition) is 1. The monoisotopic (exact) mass is 245 g/mol. The lowest BCUT2D eigenvalue weighted by atomic mass is 10.2. The summed E-state index contributed by atoms with van der Waals surface area (Å²) >= 11 is 0. The van der Waals surface area contributed by atoms with E-state index in [1.807, 2.05) is 38.4 Å². The topological polar surface area (TPSA) is 56.1 Å². The van der Waals surface area contributed by atoms with Gasteiger partial charge in [0.1, 0.15) is 5.75 Å². The van der Waals surface area contributed by atoms with Crippen LogP contribution in [0.1, 0.15) is 18.5 Å². The zero-order valence-electron chi connectivity index (χ0n) is 10.3. The van der Waals surface area contributed by atoms with Crippen molar-refractivity contribution in [2.24, 2.45) is 7.05 Å². The maximum absolute atomic E-state index is 11.6. The molecule has 1 heterocycles. The Morgan fingerprint density at radius 2 is 2.11 bits per heavy atom. The van der Waals surface area contributed by atoms with Gasteiger partial charge in [-0.05, 0) is 19.1 Å². The molecular weight excluding hydrogens is 230 g/mol. The molecule has 1 unspecified atom stereocenters. The number of ether oxygens (including phenoxy) is 1. The third-order valence-electron chi connectivity index (χ3n) is 2.51. The fourth-order valence-electron chi connectivity index (χ4n) is 1.55. The third-order valence-corrected chi connectivity index (χ3v) is 2.51. The molecule has 0 aliphatic rings. The molecule has 5 nitrogen and oxygen atoms in total. The van der Waals surface area contributed by atoms with Gasteiger partial charge in [0.2, 0.25) is 0 Å². The number of benzene rings is 1. The second-order valence-electron chi connectivity index (χ2n) is 4.02. The van der Waals surface area contributed by atoms with Crippen molar-refractivity contribution in [2.75, 3.05) is 0 Å². The van der Waals surface area contributed by atoms with Gasteiger partial charge in [-0.25, -0.2) is 4.79 Å². The molecule has 1 aromatic heterocycles. The molecule has 0 aliphatic carbocycles. The minimum atomic E-state index is -0.474. The highest BCUT2D eigenvalue weighted by Crippen LogP contribution is 2.12. The summed E-state index contributed by atoms with van der Waals surface area (Å²) in [6.45, 7) is 1.88. The number of para-hydroxylation sites is 1. The van der Waals surface area contributed by atoms with Crippen LogP contribution in [-0.2, 0) is 7.05 Å². The standard InChI is InChI=1S/C13H15N3O2/c1-10(11-8-14-16(2)9-11)15-13(17)18-12-6-4-3-5-7-12/h3-10H,1-2H3,(H,15,17). The van der Waals surface area contributed by atoms with Crippen molar-refractivity contribution in [1.82, 2.24) is 15.1 Å². The van der Waals surface area contributed by atoms with Gasteiger partial charge in [0, 0.05) is 18.8 Å². The molecule has 1 aromatic carbocycles. The minimum Gasteiger partial charge on any atom is -0.410 e. The van der Waals surface area contributed by atoms with E-state index in [0.717, 1.165) is 5.56 Å². The molecule has 0 saturated carbocycles. The van der Waals surface area contributed by atoms with Gasteiger partial charge in [-0.1, -0.05) is 18.2 Å². The van der Waals surface area contributed by atoms with Gasteiger partial charge in [-0.15, -0.1) is 0 Å². The van der Waals surface area contributed by atoms with Crippen molar-refractivity contribution < 1.29 is 9.53 Å². The minimum absolute atomic E-state index is 0.144. The van der Waals surface area contributed by atoms with Gasteiger partial charge < -0.3 is 10.1 Å². The summed E-state index contributed by atoms with van der Waals surface area (Å²) in [6, 6.07) is 8.81. The van der Waals surface area contributed by atoms with Crippen LogP contribution in [0.4, 0.5) is 4.79 Å². The Kier molecular flexibility index (Phi) is 3.62. The molecule has 94 valence electrons. The summed E-state index contributed by atoms with van der Waals surface area (Å²) < 4.78 is 6.83. The lowest BCUT2D eigenvalue weighted by Gasteiger charge is -2.12. The smallest absolute Gasteiger partial charge is 0.410 e. The molecule has 0 radical (unpaired) electrons. The Morgan fingerprint density at radius 3 is 2.72 bits per heavy atom. The van der Waals surface area contributed by atoms with Crippen molar-refractivity contribution in [3.8, 4) is 5.75 Å². The number of nitrogens with zero attached hydrogens (tertiary/aromatic N) is 2. The number of hydrogen-bond acceptors (Lipinski definition) is 3. The average Bonchev–Trinajstić information content (AvgIpc) is 2.77. The van der Waals surface area contributed by atoms with Crippen LogP contribution in [0.2, 0.25) is 0 Å².